The number of carbonyl (C=O) groups is 1. The standard InChI is InChI=1S/C16H24N4OS/c1-16(2)12-20(9-10-22-16)15(17-3)18-11-14(21)19-13-7-5-4-6-8-13/h4-8H,9-12H2,1-3H3,(H,17,18)(H,19,21). The highest BCUT2D eigenvalue weighted by atomic mass is 32.2. The first kappa shape index (κ1) is 16.7. The molecule has 2 N–H and O–H groups in total. The number of hydrogen-bond acceptors (Lipinski definition) is 3. The Morgan fingerprint density at radius 2 is 2.09 bits per heavy atom. The summed E-state index contributed by atoms with van der Waals surface area (Å²) in [5.41, 5.74) is 0.805. The third kappa shape index (κ3) is 4.94. The van der Waals surface area contributed by atoms with Crippen molar-refractivity contribution in [1.82, 2.24) is 10.2 Å². The van der Waals surface area contributed by atoms with Gasteiger partial charge in [-0.05, 0) is 26.0 Å². The molecule has 1 aliphatic rings. The van der Waals surface area contributed by atoms with Crippen molar-refractivity contribution in [3.8, 4) is 0 Å². The highest BCUT2D eigenvalue weighted by Crippen LogP contribution is 2.29. The lowest BCUT2D eigenvalue weighted by molar-refractivity contribution is -0.115. The van der Waals surface area contributed by atoms with Crippen molar-refractivity contribution < 1.29 is 4.79 Å². The first-order valence-corrected chi connectivity index (χ1v) is 8.43. The van der Waals surface area contributed by atoms with E-state index in [1.165, 1.54) is 0 Å². The molecule has 6 heteroatoms. The van der Waals surface area contributed by atoms with Gasteiger partial charge in [0.1, 0.15) is 0 Å². The zero-order valence-electron chi connectivity index (χ0n) is 13.4. The number of para-hydroxylation sites is 1. The number of hydrogen-bond donors (Lipinski definition) is 2. The van der Waals surface area contributed by atoms with Crippen LogP contribution >= 0.6 is 11.8 Å². The van der Waals surface area contributed by atoms with E-state index in [-0.39, 0.29) is 17.2 Å². The van der Waals surface area contributed by atoms with Crippen molar-refractivity contribution in [2.45, 2.75) is 18.6 Å². The molecule has 1 heterocycles. The predicted octanol–water partition coefficient (Wildman–Crippen LogP) is 2.03. The minimum atomic E-state index is -0.0713. The van der Waals surface area contributed by atoms with Gasteiger partial charge >= 0.3 is 0 Å². The number of benzene rings is 1. The predicted molar refractivity (Wildman–Crippen MR) is 94.5 cm³/mol. The summed E-state index contributed by atoms with van der Waals surface area (Å²) in [5, 5.41) is 6.01. The van der Waals surface area contributed by atoms with E-state index in [4.69, 9.17) is 0 Å². The van der Waals surface area contributed by atoms with Crippen LogP contribution in [-0.2, 0) is 4.79 Å². The minimum absolute atomic E-state index is 0.0713. The fraction of sp³-hybridized carbons (Fsp3) is 0.500. The van der Waals surface area contributed by atoms with Gasteiger partial charge in [-0.25, -0.2) is 0 Å². The molecular formula is C16H24N4OS. The second kappa shape index (κ2) is 7.54. The number of guanidine groups is 1. The molecule has 1 fully saturated rings. The number of amides is 1. The van der Waals surface area contributed by atoms with E-state index >= 15 is 0 Å². The van der Waals surface area contributed by atoms with Crippen molar-refractivity contribution in [2.75, 3.05) is 37.8 Å². The van der Waals surface area contributed by atoms with Gasteiger partial charge in [-0.1, -0.05) is 18.2 Å². The van der Waals surface area contributed by atoms with Gasteiger partial charge in [-0.3, -0.25) is 9.79 Å². The van der Waals surface area contributed by atoms with Gasteiger partial charge in [0.05, 0.1) is 6.54 Å². The molecule has 2 rings (SSSR count). The summed E-state index contributed by atoms with van der Waals surface area (Å²) in [4.78, 5) is 18.5. The van der Waals surface area contributed by atoms with E-state index in [1.54, 1.807) is 7.05 Å². The normalized spacial score (nSPS) is 18.0. The molecule has 0 aromatic heterocycles. The van der Waals surface area contributed by atoms with Crippen LogP contribution in [0.25, 0.3) is 0 Å². The van der Waals surface area contributed by atoms with Crippen molar-refractivity contribution >= 4 is 29.3 Å². The molecular weight excluding hydrogens is 296 g/mol. The highest BCUT2D eigenvalue weighted by Gasteiger charge is 2.28. The summed E-state index contributed by atoms with van der Waals surface area (Å²) in [6.45, 7) is 6.57. The quantitative estimate of drug-likeness (QED) is 0.661. The van der Waals surface area contributed by atoms with Crippen LogP contribution in [0.2, 0.25) is 0 Å². The van der Waals surface area contributed by atoms with Crippen LogP contribution < -0.4 is 10.6 Å². The fourth-order valence-electron chi connectivity index (χ4n) is 2.42. The molecule has 22 heavy (non-hydrogen) atoms. The molecule has 0 atom stereocenters. The van der Waals surface area contributed by atoms with Crippen molar-refractivity contribution in [2.24, 2.45) is 4.99 Å². The van der Waals surface area contributed by atoms with Gasteiger partial charge in [-0.2, -0.15) is 11.8 Å². The van der Waals surface area contributed by atoms with E-state index in [9.17, 15) is 4.79 Å². The summed E-state index contributed by atoms with van der Waals surface area (Å²) in [6, 6.07) is 9.46. The third-order valence-electron chi connectivity index (χ3n) is 3.40. The summed E-state index contributed by atoms with van der Waals surface area (Å²) < 4.78 is 0.210. The minimum Gasteiger partial charge on any atom is -0.347 e. The van der Waals surface area contributed by atoms with Crippen molar-refractivity contribution in [3.63, 3.8) is 0 Å². The Morgan fingerprint density at radius 1 is 1.36 bits per heavy atom. The number of aliphatic imine (C=N–C) groups is 1. The molecule has 0 spiro atoms. The maximum Gasteiger partial charge on any atom is 0.243 e. The van der Waals surface area contributed by atoms with Crippen LogP contribution in [0.3, 0.4) is 0 Å². The monoisotopic (exact) mass is 320 g/mol. The van der Waals surface area contributed by atoms with E-state index in [0.29, 0.717) is 0 Å². The van der Waals surface area contributed by atoms with Gasteiger partial charge in [0, 0.05) is 36.3 Å². The second-order valence-electron chi connectivity index (χ2n) is 5.84. The van der Waals surface area contributed by atoms with Crippen LogP contribution in [0.1, 0.15) is 13.8 Å². The second-order valence-corrected chi connectivity index (χ2v) is 7.65. The molecule has 1 aromatic rings. The SMILES string of the molecule is CN=C(NCC(=O)Nc1ccccc1)N1CCSC(C)(C)C1. The third-order valence-corrected chi connectivity index (χ3v) is 4.70. The van der Waals surface area contributed by atoms with Crippen LogP contribution in [-0.4, -0.2) is 53.9 Å². The Hall–Kier alpha value is -1.69. The Kier molecular flexibility index (Phi) is 5.71. The molecule has 1 aliphatic heterocycles. The Balaban J connectivity index is 1.85. The average molecular weight is 320 g/mol. The topological polar surface area (TPSA) is 56.7 Å². The summed E-state index contributed by atoms with van der Waals surface area (Å²) >= 11 is 1.97. The molecule has 1 aromatic carbocycles. The van der Waals surface area contributed by atoms with E-state index in [0.717, 1.165) is 30.5 Å². The Morgan fingerprint density at radius 3 is 2.73 bits per heavy atom. The first-order valence-electron chi connectivity index (χ1n) is 7.45. The zero-order chi connectivity index (χ0) is 16.0. The van der Waals surface area contributed by atoms with Gasteiger partial charge in [0.25, 0.3) is 0 Å². The molecule has 0 unspecified atom stereocenters. The van der Waals surface area contributed by atoms with Crippen molar-refractivity contribution in [3.05, 3.63) is 30.3 Å². The largest absolute Gasteiger partial charge is 0.347 e. The number of carbonyl (C=O) groups excluding carboxylic acids is 1. The molecule has 0 bridgehead atoms. The Labute approximate surface area is 136 Å². The average Bonchev–Trinajstić information content (AvgIpc) is 2.48. The first-order chi connectivity index (χ1) is 10.5. The number of thioether (sulfide) groups is 1. The number of anilines is 1. The lowest BCUT2D eigenvalue weighted by atomic mass is 10.2. The zero-order valence-corrected chi connectivity index (χ0v) is 14.2. The number of nitrogens with one attached hydrogen (secondary N) is 2. The molecule has 0 aliphatic carbocycles. The van der Waals surface area contributed by atoms with Crippen LogP contribution in [0.15, 0.2) is 35.3 Å². The molecule has 120 valence electrons. The van der Waals surface area contributed by atoms with E-state index in [1.807, 2.05) is 42.1 Å². The highest BCUT2D eigenvalue weighted by molar-refractivity contribution is 8.00. The number of rotatable bonds is 3. The van der Waals surface area contributed by atoms with Gasteiger partial charge in [0.2, 0.25) is 5.91 Å². The smallest absolute Gasteiger partial charge is 0.243 e. The van der Waals surface area contributed by atoms with Crippen LogP contribution in [0.5, 0.6) is 0 Å². The summed E-state index contributed by atoms with van der Waals surface area (Å²) in [7, 11) is 1.76. The lowest BCUT2D eigenvalue weighted by Gasteiger charge is -2.39. The molecule has 0 saturated carbocycles. The molecule has 1 amide bonds. The van der Waals surface area contributed by atoms with E-state index < -0.39 is 0 Å². The molecule has 0 radical (unpaired) electrons. The van der Waals surface area contributed by atoms with Gasteiger partial charge in [0.15, 0.2) is 5.96 Å². The van der Waals surface area contributed by atoms with Crippen molar-refractivity contribution in [1.29, 1.82) is 0 Å². The maximum atomic E-state index is 12.0. The van der Waals surface area contributed by atoms with Gasteiger partial charge < -0.3 is 15.5 Å². The molecule has 5 nitrogen and oxygen atoms in total. The van der Waals surface area contributed by atoms with Crippen LogP contribution in [0.4, 0.5) is 5.69 Å². The summed E-state index contributed by atoms with van der Waals surface area (Å²) in [5.74, 6) is 1.79. The fourth-order valence-corrected chi connectivity index (χ4v) is 3.53. The summed E-state index contributed by atoms with van der Waals surface area (Å²) in [6.07, 6.45) is 0. The van der Waals surface area contributed by atoms with Gasteiger partial charge in [-0.15, -0.1) is 0 Å². The van der Waals surface area contributed by atoms with Crippen LogP contribution in [0, 0.1) is 0 Å². The number of nitrogens with zero attached hydrogens (tertiary/aromatic N) is 2. The molecule has 1 saturated heterocycles. The lowest BCUT2D eigenvalue weighted by Crippen LogP contribution is -2.52. The van der Waals surface area contributed by atoms with E-state index in [2.05, 4.69) is 34.4 Å². The Bertz CT molecular complexity index is 530. The maximum absolute atomic E-state index is 12.0.